The van der Waals surface area contributed by atoms with Gasteiger partial charge in [-0.15, -0.1) is 0 Å². The SMILES string of the molecule is CC1C(C(=O)O)CCN1C(=O)c1cncn1-c1ccccc1. The smallest absolute Gasteiger partial charge is 0.308 e. The summed E-state index contributed by atoms with van der Waals surface area (Å²) in [4.78, 5) is 29.6. The van der Waals surface area contributed by atoms with E-state index in [0.717, 1.165) is 5.69 Å². The summed E-state index contributed by atoms with van der Waals surface area (Å²) in [5.74, 6) is -1.53. The summed E-state index contributed by atoms with van der Waals surface area (Å²) in [6, 6.07) is 9.16. The van der Waals surface area contributed by atoms with Gasteiger partial charge in [-0.2, -0.15) is 0 Å². The van der Waals surface area contributed by atoms with Gasteiger partial charge in [0.2, 0.25) is 0 Å². The van der Waals surface area contributed by atoms with Crippen molar-refractivity contribution < 1.29 is 14.7 Å². The average molecular weight is 299 g/mol. The lowest BCUT2D eigenvalue weighted by Crippen LogP contribution is -2.38. The van der Waals surface area contributed by atoms with Gasteiger partial charge in [-0.1, -0.05) is 18.2 Å². The molecule has 1 amide bonds. The van der Waals surface area contributed by atoms with Crippen LogP contribution in [-0.2, 0) is 4.79 Å². The number of rotatable bonds is 3. The second kappa shape index (κ2) is 5.63. The molecule has 0 aliphatic carbocycles. The van der Waals surface area contributed by atoms with Crippen molar-refractivity contribution in [3.63, 3.8) is 0 Å². The van der Waals surface area contributed by atoms with Crippen LogP contribution in [-0.4, -0.2) is 44.0 Å². The van der Waals surface area contributed by atoms with Crippen LogP contribution in [0.4, 0.5) is 0 Å². The number of carbonyl (C=O) groups is 2. The van der Waals surface area contributed by atoms with E-state index in [4.69, 9.17) is 0 Å². The maximum atomic E-state index is 12.8. The Hall–Kier alpha value is -2.63. The van der Waals surface area contributed by atoms with Crippen molar-refractivity contribution in [3.8, 4) is 5.69 Å². The fraction of sp³-hybridized carbons (Fsp3) is 0.312. The lowest BCUT2D eigenvalue weighted by atomic mass is 10.0. The van der Waals surface area contributed by atoms with Crippen LogP contribution in [0, 0.1) is 5.92 Å². The van der Waals surface area contributed by atoms with E-state index in [1.807, 2.05) is 30.3 Å². The summed E-state index contributed by atoms with van der Waals surface area (Å²) in [5, 5.41) is 9.19. The largest absolute Gasteiger partial charge is 0.481 e. The number of carbonyl (C=O) groups excluding carboxylic acids is 1. The second-order valence-corrected chi connectivity index (χ2v) is 5.46. The molecule has 0 radical (unpaired) electrons. The molecule has 2 atom stereocenters. The average Bonchev–Trinajstić information content (AvgIpc) is 3.14. The Balaban J connectivity index is 1.89. The highest BCUT2D eigenvalue weighted by Gasteiger charge is 2.39. The molecule has 6 heteroatoms. The summed E-state index contributed by atoms with van der Waals surface area (Å²) in [6.07, 6.45) is 3.61. The molecular formula is C16H17N3O3. The van der Waals surface area contributed by atoms with Crippen molar-refractivity contribution >= 4 is 11.9 Å². The summed E-state index contributed by atoms with van der Waals surface area (Å²) in [7, 11) is 0. The molecule has 6 nitrogen and oxygen atoms in total. The zero-order valence-corrected chi connectivity index (χ0v) is 12.2. The number of hydrogen-bond acceptors (Lipinski definition) is 3. The zero-order chi connectivity index (χ0) is 15.7. The number of amides is 1. The molecule has 0 saturated carbocycles. The van der Waals surface area contributed by atoms with E-state index in [9.17, 15) is 14.7 Å². The first-order valence-corrected chi connectivity index (χ1v) is 7.21. The van der Waals surface area contributed by atoms with Crippen LogP contribution < -0.4 is 0 Å². The summed E-state index contributed by atoms with van der Waals surface area (Å²) < 4.78 is 1.73. The van der Waals surface area contributed by atoms with Gasteiger partial charge in [0, 0.05) is 18.3 Å². The lowest BCUT2D eigenvalue weighted by Gasteiger charge is -2.23. The first-order valence-electron chi connectivity index (χ1n) is 7.21. The molecule has 114 valence electrons. The number of aromatic nitrogens is 2. The Morgan fingerprint density at radius 1 is 1.27 bits per heavy atom. The molecule has 1 saturated heterocycles. The summed E-state index contributed by atoms with van der Waals surface area (Å²) >= 11 is 0. The predicted molar refractivity (Wildman–Crippen MR) is 79.8 cm³/mol. The second-order valence-electron chi connectivity index (χ2n) is 5.46. The van der Waals surface area contributed by atoms with Crippen LogP contribution in [0.25, 0.3) is 5.69 Å². The Kier molecular flexibility index (Phi) is 3.66. The van der Waals surface area contributed by atoms with Gasteiger partial charge < -0.3 is 10.0 Å². The highest BCUT2D eigenvalue weighted by atomic mass is 16.4. The van der Waals surface area contributed by atoms with Crippen LogP contribution in [0.15, 0.2) is 42.9 Å². The number of para-hydroxylation sites is 1. The molecule has 3 rings (SSSR count). The molecule has 1 fully saturated rings. The maximum Gasteiger partial charge on any atom is 0.308 e. The zero-order valence-electron chi connectivity index (χ0n) is 12.2. The number of likely N-dealkylation sites (tertiary alicyclic amines) is 1. The fourth-order valence-corrected chi connectivity index (χ4v) is 2.95. The van der Waals surface area contributed by atoms with Gasteiger partial charge in [-0.3, -0.25) is 14.2 Å². The minimum Gasteiger partial charge on any atom is -0.481 e. The molecule has 2 heterocycles. The van der Waals surface area contributed by atoms with Crippen LogP contribution in [0.2, 0.25) is 0 Å². The topological polar surface area (TPSA) is 75.4 Å². The highest BCUT2D eigenvalue weighted by Crippen LogP contribution is 2.26. The summed E-state index contributed by atoms with van der Waals surface area (Å²) in [6.45, 7) is 2.24. The van der Waals surface area contributed by atoms with E-state index in [0.29, 0.717) is 18.7 Å². The van der Waals surface area contributed by atoms with Crippen molar-refractivity contribution in [1.29, 1.82) is 0 Å². The van der Waals surface area contributed by atoms with Crippen LogP contribution in [0.5, 0.6) is 0 Å². The number of aliphatic carboxylic acids is 1. The normalized spacial score (nSPS) is 21.0. The van der Waals surface area contributed by atoms with Crippen LogP contribution in [0.1, 0.15) is 23.8 Å². The van der Waals surface area contributed by atoms with Gasteiger partial charge in [0.15, 0.2) is 0 Å². The minimum absolute atomic E-state index is 0.183. The molecule has 2 aromatic rings. The van der Waals surface area contributed by atoms with Crippen molar-refractivity contribution in [2.24, 2.45) is 5.92 Å². The minimum atomic E-state index is -0.848. The van der Waals surface area contributed by atoms with Crippen LogP contribution in [0.3, 0.4) is 0 Å². The Morgan fingerprint density at radius 2 is 2.00 bits per heavy atom. The van der Waals surface area contributed by atoms with Crippen molar-refractivity contribution in [3.05, 3.63) is 48.5 Å². The third kappa shape index (κ3) is 2.36. The van der Waals surface area contributed by atoms with E-state index in [1.54, 1.807) is 22.7 Å². The van der Waals surface area contributed by atoms with E-state index in [1.165, 1.54) is 6.20 Å². The Labute approximate surface area is 128 Å². The highest BCUT2D eigenvalue weighted by molar-refractivity contribution is 5.94. The third-order valence-corrected chi connectivity index (χ3v) is 4.22. The Morgan fingerprint density at radius 3 is 2.64 bits per heavy atom. The van der Waals surface area contributed by atoms with Crippen molar-refractivity contribution in [2.75, 3.05) is 6.54 Å². The van der Waals surface area contributed by atoms with Crippen molar-refractivity contribution in [1.82, 2.24) is 14.5 Å². The van der Waals surface area contributed by atoms with E-state index in [2.05, 4.69) is 4.98 Å². The number of hydrogen-bond donors (Lipinski definition) is 1. The van der Waals surface area contributed by atoms with Gasteiger partial charge in [0.05, 0.1) is 18.4 Å². The van der Waals surface area contributed by atoms with E-state index >= 15 is 0 Å². The maximum absolute atomic E-state index is 12.8. The number of nitrogens with zero attached hydrogens (tertiary/aromatic N) is 3. The van der Waals surface area contributed by atoms with Crippen molar-refractivity contribution in [2.45, 2.75) is 19.4 Å². The molecule has 1 aromatic heterocycles. The molecule has 1 N–H and O–H groups in total. The summed E-state index contributed by atoms with van der Waals surface area (Å²) in [5.41, 5.74) is 1.30. The molecular weight excluding hydrogens is 282 g/mol. The number of benzene rings is 1. The van der Waals surface area contributed by atoms with Crippen LogP contribution >= 0.6 is 0 Å². The van der Waals surface area contributed by atoms with Gasteiger partial charge >= 0.3 is 5.97 Å². The van der Waals surface area contributed by atoms with Gasteiger partial charge in [-0.05, 0) is 25.5 Å². The standard InChI is InChI=1S/C16H17N3O3/c1-11-13(16(21)22)7-8-18(11)15(20)14-9-17-10-19(14)12-5-3-2-4-6-12/h2-6,9-11,13H,7-8H2,1H3,(H,21,22). The van der Waals surface area contributed by atoms with Gasteiger partial charge in [0.25, 0.3) is 5.91 Å². The van der Waals surface area contributed by atoms with E-state index in [-0.39, 0.29) is 11.9 Å². The molecule has 0 bridgehead atoms. The third-order valence-electron chi connectivity index (χ3n) is 4.22. The molecule has 1 aromatic carbocycles. The molecule has 2 unspecified atom stereocenters. The number of carboxylic acid groups (broad SMARTS) is 1. The molecule has 22 heavy (non-hydrogen) atoms. The van der Waals surface area contributed by atoms with E-state index < -0.39 is 11.9 Å². The number of imidazole rings is 1. The first-order chi connectivity index (χ1) is 10.6. The molecule has 0 spiro atoms. The fourth-order valence-electron chi connectivity index (χ4n) is 2.95. The van der Waals surface area contributed by atoms with Gasteiger partial charge in [0.1, 0.15) is 5.69 Å². The predicted octanol–water partition coefficient (Wildman–Crippen LogP) is 1.81. The molecule has 1 aliphatic heterocycles. The molecule has 1 aliphatic rings. The quantitative estimate of drug-likeness (QED) is 0.938. The first kappa shape index (κ1) is 14.3. The monoisotopic (exact) mass is 299 g/mol. The Bertz CT molecular complexity index is 696. The number of carboxylic acids is 1. The lowest BCUT2D eigenvalue weighted by molar-refractivity contribution is -0.142. The van der Waals surface area contributed by atoms with Gasteiger partial charge in [-0.25, -0.2) is 4.98 Å².